The molecule has 3 heteroatoms. The molecule has 0 aliphatic rings. The Morgan fingerprint density at radius 2 is 2.20 bits per heavy atom. The van der Waals surface area contributed by atoms with E-state index in [0.29, 0.717) is 0 Å². The minimum absolute atomic E-state index is 0.0135. The molecule has 0 heterocycles. The molecule has 0 aliphatic carbocycles. The van der Waals surface area contributed by atoms with E-state index < -0.39 is 5.72 Å². The summed E-state index contributed by atoms with van der Waals surface area (Å²) in [5.74, 6) is 1.59. The number of carbonyl (C=O) groups excluding carboxylic acids is 1. The number of nitrogens with two attached hydrogens (primary N) is 1. The van der Waals surface area contributed by atoms with Crippen molar-refractivity contribution in [1.82, 2.24) is 0 Å². The number of hydrogen-bond acceptors (Lipinski definition) is 3. The summed E-state index contributed by atoms with van der Waals surface area (Å²) in [6.07, 6.45) is 1.17. The Hall–Kier alpha value is -0.630. The maximum atomic E-state index is 9.86. The summed E-state index contributed by atoms with van der Waals surface area (Å²) < 4.78 is 5.14. The molecule has 0 aromatic heterocycles. The van der Waals surface area contributed by atoms with Crippen LogP contribution in [0.3, 0.4) is 0 Å². The highest BCUT2D eigenvalue weighted by atomic mass is 16.5. The van der Waals surface area contributed by atoms with Gasteiger partial charge in [0.2, 0.25) is 0 Å². The Morgan fingerprint density at radius 1 is 1.70 bits per heavy atom. The molecule has 10 heavy (non-hydrogen) atoms. The van der Waals surface area contributed by atoms with Crippen molar-refractivity contribution in [3.05, 3.63) is 6.08 Å². The molecule has 0 spiro atoms. The lowest BCUT2D eigenvalue weighted by Crippen LogP contribution is -2.39. The summed E-state index contributed by atoms with van der Waals surface area (Å²) in [6.45, 7) is 5.31. The van der Waals surface area contributed by atoms with E-state index in [4.69, 9.17) is 10.5 Å². The van der Waals surface area contributed by atoms with Crippen molar-refractivity contribution < 1.29 is 9.53 Å². The van der Waals surface area contributed by atoms with Crippen LogP contribution < -0.4 is 5.73 Å². The summed E-state index contributed by atoms with van der Waals surface area (Å²) in [4.78, 5) is 9.86. The molecule has 3 nitrogen and oxygen atoms in total. The molecule has 0 radical (unpaired) electrons. The zero-order valence-electron chi connectivity index (χ0n) is 6.55. The minimum Gasteiger partial charge on any atom is -0.354 e. The van der Waals surface area contributed by atoms with Crippen molar-refractivity contribution in [1.29, 1.82) is 0 Å². The van der Waals surface area contributed by atoms with Gasteiger partial charge in [0, 0.05) is 6.08 Å². The Kier molecular flexibility index (Phi) is 3.30. The predicted octanol–water partition coefficient (Wildman–Crippen LogP) is 0.474. The molecule has 0 aromatic carbocycles. The molecular formula is C7H13NO2. The van der Waals surface area contributed by atoms with E-state index in [1.807, 2.05) is 13.8 Å². The second-order valence-electron chi connectivity index (χ2n) is 2.61. The van der Waals surface area contributed by atoms with E-state index in [1.165, 1.54) is 0 Å². The van der Waals surface area contributed by atoms with Crippen LogP contribution in [0.2, 0.25) is 0 Å². The average molecular weight is 143 g/mol. The predicted molar refractivity (Wildman–Crippen MR) is 39.1 cm³/mol. The van der Waals surface area contributed by atoms with Crippen LogP contribution in [0, 0.1) is 0 Å². The first-order chi connectivity index (χ1) is 4.48. The van der Waals surface area contributed by atoms with E-state index in [-0.39, 0.29) is 6.10 Å². The topological polar surface area (TPSA) is 52.3 Å². The number of ether oxygens (including phenoxy) is 1. The maximum Gasteiger partial charge on any atom is 0.143 e. The van der Waals surface area contributed by atoms with Crippen molar-refractivity contribution in [2.75, 3.05) is 0 Å². The molecule has 0 saturated heterocycles. The zero-order valence-corrected chi connectivity index (χ0v) is 6.55. The van der Waals surface area contributed by atoms with Gasteiger partial charge >= 0.3 is 0 Å². The second kappa shape index (κ2) is 3.52. The molecule has 0 amide bonds. The Bertz CT molecular complexity index is 146. The van der Waals surface area contributed by atoms with Gasteiger partial charge in [0.15, 0.2) is 0 Å². The zero-order chi connectivity index (χ0) is 8.20. The fourth-order valence-electron chi connectivity index (χ4n) is 0.659. The van der Waals surface area contributed by atoms with Crippen LogP contribution in [-0.4, -0.2) is 17.8 Å². The summed E-state index contributed by atoms with van der Waals surface area (Å²) in [5.41, 5.74) is 4.51. The van der Waals surface area contributed by atoms with Gasteiger partial charge < -0.3 is 4.74 Å². The maximum absolute atomic E-state index is 9.86. The highest BCUT2D eigenvalue weighted by Crippen LogP contribution is 2.05. The first-order valence-electron chi connectivity index (χ1n) is 3.16. The normalized spacial score (nSPS) is 16.1. The van der Waals surface area contributed by atoms with Crippen molar-refractivity contribution in [3.8, 4) is 0 Å². The van der Waals surface area contributed by atoms with Crippen molar-refractivity contribution in [2.45, 2.75) is 32.6 Å². The third kappa shape index (κ3) is 4.27. The molecule has 0 bridgehead atoms. The van der Waals surface area contributed by atoms with E-state index in [1.54, 1.807) is 12.9 Å². The van der Waals surface area contributed by atoms with Crippen LogP contribution in [0.4, 0.5) is 0 Å². The first kappa shape index (κ1) is 9.37. The van der Waals surface area contributed by atoms with Gasteiger partial charge in [-0.1, -0.05) is 0 Å². The van der Waals surface area contributed by atoms with Gasteiger partial charge in [0.25, 0.3) is 0 Å². The standard InChI is InChI=1S/C7H13NO2/c1-6(2)10-7(3,8)4-5-9/h4,6H,8H2,1-3H3. The van der Waals surface area contributed by atoms with Gasteiger partial charge in [0.05, 0.1) is 6.10 Å². The van der Waals surface area contributed by atoms with Crippen LogP contribution in [0.5, 0.6) is 0 Å². The van der Waals surface area contributed by atoms with Gasteiger partial charge in [-0.15, -0.1) is 0 Å². The van der Waals surface area contributed by atoms with Gasteiger partial charge in [0.1, 0.15) is 11.7 Å². The Labute approximate surface area is 60.9 Å². The fraction of sp³-hybridized carbons (Fsp3) is 0.714. The number of hydrogen-bond donors (Lipinski definition) is 1. The molecule has 1 atom stereocenters. The van der Waals surface area contributed by atoms with Gasteiger partial charge in [-0.05, 0) is 20.8 Å². The van der Waals surface area contributed by atoms with Crippen LogP contribution in [-0.2, 0) is 9.53 Å². The Morgan fingerprint density at radius 3 is 2.50 bits per heavy atom. The lowest BCUT2D eigenvalue weighted by atomic mass is 10.3. The quantitative estimate of drug-likeness (QED) is 0.461. The Balaban J connectivity index is 3.98. The van der Waals surface area contributed by atoms with Gasteiger partial charge in [-0.25, -0.2) is 4.79 Å². The number of rotatable bonds is 3. The molecule has 0 saturated carbocycles. The molecule has 1 unspecified atom stereocenters. The van der Waals surface area contributed by atoms with Crippen LogP contribution in [0.15, 0.2) is 6.08 Å². The second-order valence-corrected chi connectivity index (χ2v) is 2.61. The van der Waals surface area contributed by atoms with E-state index in [0.717, 1.165) is 6.08 Å². The van der Waals surface area contributed by atoms with Gasteiger partial charge in [-0.2, -0.15) is 0 Å². The van der Waals surface area contributed by atoms with Gasteiger partial charge in [-0.3, -0.25) is 5.73 Å². The summed E-state index contributed by atoms with van der Waals surface area (Å²) >= 11 is 0. The van der Waals surface area contributed by atoms with Crippen LogP contribution in [0.1, 0.15) is 20.8 Å². The van der Waals surface area contributed by atoms with Crippen LogP contribution in [0.25, 0.3) is 0 Å². The summed E-state index contributed by atoms with van der Waals surface area (Å²) in [7, 11) is 0. The molecule has 0 aromatic rings. The van der Waals surface area contributed by atoms with Crippen LogP contribution >= 0.6 is 0 Å². The highest BCUT2D eigenvalue weighted by molar-refractivity contribution is 5.47. The lowest BCUT2D eigenvalue weighted by molar-refractivity contribution is -0.0301. The highest BCUT2D eigenvalue weighted by Gasteiger charge is 2.16. The van der Waals surface area contributed by atoms with E-state index in [2.05, 4.69) is 0 Å². The summed E-state index contributed by atoms with van der Waals surface area (Å²) in [5, 5.41) is 0. The van der Waals surface area contributed by atoms with E-state index >= 15 is 0 Å². The van der Waals surface area contributed by atoms with Crippen molar-refractivity contribution >= 4 is 5.94 Å². The van der Waals surface area contributed by atoms with E-state index in [9.17, 15) is 4.79 Å². The molecule has 58 valence electrons. The summed E-state index contributed by atoms with van der Waals surface area (Å²) in [6, 6.07) is 0. The minimum atomic E-state index is -0.976. The van der Waals surface area contributed by atoms with Crippen molar-refractivity contribution in [3.63, 3.8) is 0 Å². The van der Waals surface area contributed by atoms with Crippen molar-refractivity contribution in [2.24, 2.45) is 5.73 Å². The average Bonchev–Trinajstić information content (AvgIpc) is 1.59. The first-order valence-corrected chi connectivity index (χ1v) is 3.16. The smallest absolute Gasteiger partial charge is 0.143 e. The molecule has 0 rings (SSSR count). The fourth-order valence-corrected chi connectivity index (χ4v) is 0.659. The molecule has 2 N–H and O–H groups in total. The monoisotopic (exact) mass is 143 g/mol. The molecule has 0 aliphatic heterocycles. The lowest BCUT2D eigenvalue weighted by Gasteiger charge is -2.22. The molecular weight excluding hydrogens is 130 g/mol. The third-order valence-corrected chi connectivity index (χ3v) is 0.835. The molecule has 0 fully saturated rings. The SMILES string of the molecule is CC(C)OC(C)(N)C=C=O. The third-order valence-electron chi connectivity index (χ3n) is 0.835. The largest absolute Gasteiger partial charge is 0.354 e.